The van der Waals surface area contributed by atoms with Gasteiger partial charge in [-0.15, -0.1) is 0 Å². The fraction of sp³-hybridized carbons (Fsp3) is 0.250. The summed E-state index contributed by atoms with van der Waals surface area (Å²) in [4.78, 5) is 0. The Bertz CT molecular complexity index is 636. The molecule has 0 fully saturated rings. The first-order valence-electron chi connectivity index (χ1n) is 6.58. The number of benzene rings is 2. The molecule has 2 aromatic carbocycles. The third-order valence-corrected chi connectivity index (χ3v) is 4.88. The van der Waals surface area contributed by atoms with Crippen molar-refractivity contribution in [2.24, 2.45) is 0 Å². The molecular weight excluding hydrogens is 464 g/mol. The van der Waals surface area contributed by atoms with Gasteiger partial charge in [-0.1, -0.05) is 40.5 Å². The van der Waals surface area contributed by atoms with Crippen LogP contribution in [0.4, 0.5) is 0 Å². The van der Waals surface area contributed by atoms with Crippen LogP contribution in [0.3, 0.4) is 0 Å². The van der Waals surface area contributed by atoms with E-state index in [2.05, 4.69) is 69.0 Å². The topological polar surface area (TPSA) is 21.3 Å². The lowest BCUT2D eigenvalue weighted by molar-refractivity contribution is 0.414. The monoisotopic (exact) mass is 479 g/mol. The zero-order chi connectivity index (χ0) is 15.4. The van der Waals surface area contributed by atoms with Gasteiger partial charge in [0, 0.05) is 8.04 Å². The van der Waals surface area contributed by atoms with Crippen LogP contribution >= 0.6 is 50.1 Å². The smallest absolute Gasteiger partial charge is 0.137 e. The van der Waals surface area contributed by atoms with Crippen molar-refractivity contribution in [2.45, 2.75) is 13.0 Å². The van der Waals surface area contributed by atoms with Crippen LogP contribution < -0.4 is 10.1 Å². The predicted octanol–water partition coefficient (Wildman–Crippen LogP) is 5.41. The molecule has 0 aliphatic carbocycles. The van der Waals surface area contributed by atoms with E-state index < -0.39 is 0 Å². The SMILES string of the molecule is CCNC(c1ccc(OC)c(Cl)c1)c1cc(I)ccc1Br. The quantitative estimate of drug-likeness (QED) is 0.578. The molecule has 1 atom stereocenters. The number of hydrogen-bond donors (Lipinski definition) is 1. The Hall–Kier alpha value is -0.300. The van der Waals surface area contributed by atoms with Crippen molar-refractivity contribution >= 4 is 50.1 Å². The summed E-state index contributed by atoms with van der Waals surface area (Å²) in [6.45, 7) is 2.96. The maximum Gasteiger partial charge on any atom is 0.137 e. The lowest BCUT2D eigenvalue weighted by Crippen LogP contribution is -2.22. The molecule has 0 amide bonds. The van der Waals surface area contributed by atoms with Gasteiger partial charge in [0.2, 0.25) is 0 Å². The van der Waals surface area contributed by atoms with Crippen LogP contribution in [0.2, 0.25) is 5.02 Å². The van der Waals surface area contributed by atoms with Crippen molar-refractivity contribution in [1.82, 2.24) is 5.32 Å². The summed E-state index contributed by atoms with van der Waals surface area (Å²) in [5.41, 5.74) is 2.32. The molecule has 2 aromatic rings. The van der Waals surface area contributed by atoms with E-state index >= 15 is 0 Å². The minimum atomic E-state index is 0.0856. The Kier molecular flexibility index (Phi) is 6.34. The van der Waals surface area contributed by atoms with Crippen molar-refractivity contribution in [3.05, 3.63) is 60.6 Å². The van der Waals surface area contributed by atoms with E-state index in [1.165, 1.54) is 9.13 Å². The fourth-order valence-corrected chi connectivity index (χ4v) is 3.47. The van der Waals surface area contributed by atoms with Crippen LogP contribution in [0, 0.1) is 3.57 Å². The van der Waals surface area contributed by atoms with E-state index in [1.807, 2.05) is 18.2 Å². The summed E-state index contributed by atoms with van der Waals surface area (Å²) >= 11 is 12.2. The van der Waals surface area contributed by atoms with Gasteiger partial charge in [0.25, 0.3) is 0 Å². The standard InChI is InChI=1S/C16H16BrClINO/c1-3-20-16(12-9-11(19)5-6-13(12)17)10-4-7-15(21-2)14(18)8-10/h4-9,16,20H,3H2,1-2H3. The molecule has 21 heavy (non-hydrogen) atoms. The summed E-state index contributed by atoms with van der Waals surface area (Å²) < 4.78 is 7.51. The average Bonchev–Trinajstić information content (AvgIpc) is 2.47. The molecule has 2 rings (SSSR count). The van der Waals surface area contributed by atoms with Gasteiger partial charge in [-0.3, -0.25) is 0 Å². The molecule has 0 saturated heterocycles. The molecule has 0 aliphatic heterocycles. The molecule has 0 spiro atoms. The number of halogens is 3. The summed E-state index contributed by atoms with van der Waals surface area (Å²) in [5, 5.41) is 4.14. The molecule has 0 aromatic heterocycles. The first kappa shape index (κ1) is 17.1. The highest BCUT2D eigenvalue weighted by atomic mass is 127. The molecule has 0 radical (unpaired) electrons. The number of rotatable bonds is 5. The maximum absolute atomic E-state index is 6.27. The van der Waals surface area contributed by atoms with E-state index in [4.69, 9.17) is 16.3 Å². The minimum Gasteiger partial charge on any atom is -0.495 e. The molecular formula is C16H16BrClINO. The molecule has 5 heteroatoms. The van der Waals surface area contributed by atoms with Gasteiger partial charge < -0.3 is 10.1 Å². The normalized spacial score (nSPS) is 12.2. The highest BCUT2D eigenvalue weighted by molar-refractivity contribution is 14.1. The van der Waals surface area contributed by atoms with Crippen LogP contribution in [0.15, 0.2) is 40.9 Å². The first-order chi connectivity index (χ1) is 10.1. The van der Waals surface area contributed by atoms with Crippen LogP contribution in [-0.4, -0.2) is 13.7 Å². The molecule has 0 saturated carbocycles. The van der Waals surface area contributed by atoms with Gasteiger partial charge in [-0.2, -0.15) is 0 Å². The molecule has 0 aliphatic rings. The Morgan fingerprint density at radius 1 is 1.29 bits per heavy atom. The summed E-state index contributed by atoms with van der Waals surface area (Å²) in [7, 11) is 1.62. The molecule has 1 unspecified atom stereocenters. The molecule has 112 valence electrons. The summed E-state index contributed by atoms with van der Waals surface area (Å²) in [6, 6.07) is 12.3. The number of hydrogen-bond acceptors (Lipinski definition) is 2. The third-order valence-electron chi connectivity index (χ3n) is 3.19. The third kappa shape index (κ3) is 4.12. The van der Waals surface area contributed by atoms with Crippen LogP contribution in [-0.2, 0) is 0 Å². The average molecular weight is 481 g/mol. The maximum atomic E-state index is 6.27. The van der Waals surface area contributed by atoms with E-state index in [-0.39, 0.29) is 6.04 Å². The van der Waals surface area contributed by atoms with Crippen molar-refractivity contribution in [3.63, 3.8) is 0 Å². The zero-order valence-corrected chi connectivity index (χ0v) is 16.3. The second-order valence-corrected chi connectivity index (χ2v) is 7.06. The van der Waals surface area contributed by atoms with E-state index in [9.17, 15) is 0 Å². The fourth-order valence-electron chi connectivity index (χ4n) is 2.21. The second-order valence-electron chi connectivity index (χ2n) is 4.55. The highest BCUT2D eigenvalue weighted by Gasteiger charge is 2.17. The number of ether oxygens (including phenoxy) is 1. The Labute approximate surface area is 152 Å². The van der Waals surface area contributed by atoms with E-state index in [0.717, 1.165) is 16.6 Å². The second kappa shape index (κ2) is 7.81. The minimum absolute atomic E-state index is 0.0856. The summed E-state index contributed by atoms with van der Waals surface area (Å²) in [5.74, 6) is 0.692. The van der Waals surface area contributed by atoms with Crippen molar-refractivity contribution < 1.29 is 4.74 Å². The molecule has 0 heterocycles. The predicted molar refractivity (Wildman–Crippen MR) is 100 cm³/mol. The van der Waals surface area contributed by atoms with Crippen LogP contribution in [0.5, 0.6) is 5.75 Å². The lowest BCUT2D eigenvalue weighted by Gasteiger charge is -2.21. The van der Waals surface area contributed by atoms with Gasteiger partial charge in [-0.25, -0.2) is 0 Å². The molecule has 2 nitrogen and oxygen atoms in total. The van der Waals surface area contributed by atoms with Gasteiger partial charge in [0.1, 0.15) is 5.75 Å². The largest absolute Gasteiger partial charge is 0.495 e. The van der Waals surface area contributed by atoms with E-state index in [1.54, 1.807) is 7.11 Å². The van der Waals surface area contributed by atoms with Crippen molar-refractivity contribution in [1.29, 1.82) is 0 Å². The Balaban J connectivity index is 2.48. The van der Waals surface area contributed by atoms with Gasteiger partial charge in [-0.05, 0) is 70.6 Å². The van der Waals surface area contributed by atoms with Gasteiger partial charge in [0.05, 0.1) is 18.2 Å². The van der Waals surface area contributed by atoms with Gasteiger partial charge in [0.15, 0.2) is 0 Å². The Morgan fingerprint density at radius 2 is 2.05 bits per heavy atom. The van der Waals surface area contributed by atoms with Crippen molar-refractivity contribution in [2.75, 3.05) is 13.7 Å². The number of methoxy groups -OCH3 is 1. The first-order valence-corrected chi connectivity index (χ1v) is 8.83. The number of nitrogens with one attached hydrogen (secondary N) is 1. The van der Waals surface area contributed by atoms with Crippen LogP contribution in [0.25, 0.3) is 0 Å². The summed E-state index contributed by atoms with van der Waals surface area (Å²) in [6.07, 6.45) is 0. The Morgan fingerprint density at radius 3 is 2.67 bits per heavy atom. The van der Waals surface area contributed by atoms with Crippen LogP contribution in [0.1, 0.15) is 24.1 Å². The zero-order valence-electron chi connectivity index (χ0n) is 11.8. The van der Waals surface area contributed by atoms with E-state index in [0.29, 0.717) is 10.8 Å². The molecule has 0 bridgehead atoms. The van der Waals surface area contributed by atoms with Crippen molar-refractivity contribution in [3.8, 4) is 5.75 Å². The highest BCUT2D eigenvalue weighted by Crippen LogP contribution is 2.33. The molecule has 1 N–H and O–H groups in total. The van der Waals surface area contributed by atoms with Gasteiger partial charge >= 0.3 is 0 Å². The lowest BCUT2D eigenvalue weighted by atomic mass is 9.98.